The van der Waals surface area contributed by atoms with Crippen molar-refractivity contribution < 1.29 is 24.5 Å². The van der Waals surface area contributed by atoms with Gasteiger partial charge < -0.3 is 24.5 Å². The fraction of sp³-hybridized carbons (Fsp3) is 0. The summed E-state index contributed by atoms with van der Waals surface area (Å²) in [5.74, 6) is 0. The first-order chi connectivity index (χ1) is 1.73. The Labute approximate surface area is 79.7 Å². The van der Waals surface area contributed by atoms with E-state index in [1.54, 1.807) is 0 Å². The summed E-state index contributed by atoms with van der Waals surface area (Å²) in [7, 11) is -2.17. The van der Waals surface area contributed by atoms with Crippen molar-refractivity contribution >= 4 is 56.2 Å². The van der Waals surface area contributed by atoms with Crippen LogP contribution in [-0.2, 0) is 0 Å². The minimum atomic E-state index is -2.17. The number of rotatable bonds is 0. The van der Waals surface area contributed by atoms with E-state index in [1.807, 2.05) is 0 Å². The third kappa shape index (κ3) is 113. The van der Waals surface area contributed by atoms with E-state index >= 15 is 0 Å². The molecule has 0 heterocycles. The van der Waals surface area contributed by atoms with E-state index in [9.17, 15) is 0 Å². The van der Waals surface area contributed by atoms with Gasteiger partial charge in [0, 0.05) is 0 Å². The van der Waals surface area contributed by atoms with Crippen LogP contribution in [0.15, 0.2) is 0 Å². The molecular formula is H3BBaF2O3. The van der Waals surface area contributed by atoms with Crippen molar-refractivity contribution in [1.82, 2.24) is 0 Å². The Balaban J connectivity index is -0.0000000150. The Kier molecular flexibility index (Phi) is 53.2. The van der Waals surface area contributed by atoms with Crippen molar-refractivity contribution in [2.24, 2.45) is 0 Å². The molecular weight excluding hydrogens is 234 g/mol. The standard InChI is InChI=1S/BH3O3.Ba.2FH/c2-1(3)4;;;/h2-4H;;2*1H/q;+2;;/p-2. The van der Waals surface area contributed by atoms with E-state index in [2.05, 4.69) is 0 Å². The summed E-state index contributed by atoms with van der Waals surface area (Å²) in [6.45, 7) is 0. The molecule has 7 heteroatoms. The first-order valence-corrected chi connectivity index (χ1v) is 0.775. The minimum absolute atomic E-state index is 0. The summed E-state index contributed by atoms with van der Waals surface area (Å²) < 4.78 is 0. The molecule has 0 radical (unpaired) electrons. The molecule has 0 aromatic rings. The average molecular weight is 237 g/mol. The molecule has 40 valence electrons. The Bertz CT molecular complexity index is 17.7. The molecule has 0 atom stereocenters. The molecule has 3 nitrogen and oxygen atoms in total. The third-order valence-corrected chi connectivity index (χ3v) is 0. The van der Waals surface area contributed by atoms with Crippen molar-refractivity contribution in [3.05, 3.63) is 0 Å². The number of hydrogen-bond acceptors (Lipinski definition) is 3. The van der Waals surface area contributed by atoms with Crippen molar-refractivity contribution in [2.45, 2.75) is 0 Å². The van der Waals surface area contributed by atoms with Crippen LogP contribution in [0.2, 0.25) is 0 Å². The second-order valence-corrected chi connectivity index (χ2v) is 0.346. The van der Waals surface area contributed by atoms with Gasteiger partial charge in [-0.1, -0.05) is 0 Å². The fourth-order valence-electron chi connectivity index (χ4n) is 0. The molecule has 0 aliphatic rings. The maximum Gasteiger partial charge on any atom is 2.00 e. The fourth-order valence-corrected chi connectivity index (χ4v) is 0. The first-order valence-electron chi connectivity index (χ1n) is 0.775. The van der Waals surface area contributed by atoms with Crippen molar-refractivity contribution in [3.63, 3.8) is 0 Å². The third-order valence-electron chi connectivity index (χ3n) is 0. The maximum atomic E-state index is 7.17. The van der Waals surface area contributed by atoms with Crippen LogP contribution in [0.3, 0.4) is 0 Å². The predicted molar refractivity (Wildman–Crippen MR) is 18.2 cm³/mol. The molecule has 0 aliphatic heterocycles. The maximum absolute atomic E-state index is 7.17. The molecule has 0 spiro atoms. The van der Waals surface area contributed by atoms with Crippen molar-refractivity contribution in [3.8, 4) is 0 Å². The van der Waals surface area contributed by atoms with Crippen LogP contribution >= 0.6 is 0 Å². The summed E-state index contributed by atoms with van der Waals surface area (Å²) in [5.41, 5.74) is 0. The Morgan fingerprint density at radius 3 is 0.857 bits per heavy atom. The van der Waals surface area contributed by atoms with E-state index in [1.165, 1.54) is 0 Å². The molecule has 0 amide bonds. The molecule has 0 rings (SSSR count). The molecule has 0 unspecified atom stereocenters. The molecule has 0 aromatic carbocycles. The van der Waals surface area contributed by atoms with Gasteiger partial charge in [-0.15, -0.1) is 0 Å². The molecule has 7 heavy (non-hydrogen) atoms. The quantitative estimate of drug-likeness (QED) is 0.367. The largest absolute Gasteiger partial charge is 2.00 e. The van der Waals surface area contributed by atoms with Crippen molar-refractivity contribution in [1.29, 1.82) is 0 Å². The Morgan fingerprint density at radius 1 is 0.857 bits per heavy atom. The van der Waals surface area contributed by atoms with E-state index in [0.717, 1.165) is 0 Å². The topological polar surface area (TPSA) is 60.7 Å². The summed E-state index contributed by atoms with van der Waals surface area (Å²) in [4.78, 5) is 0. The van der Waals surface area contributed by atoms with Gasteiger partial charge >= 0.3 is 56.2 Å². The van der Waals surface area contributed by atoms with Crippen LogP contribution in [0.4, 0.5) is 0 Å². The Hall–Kier alpha value is 1.38. The molecule has 0 fully saturated rings. The zero-order chi connectivity index (χ0) is 3.58. The van der Waals surface area contributed by atoms with Crippen LogP contribution in [0.5, 0.6) is 0 Å². The summed E-state index contributed by atoms with van der Waals surface area (Å²) in [6, 6.07) is 0. The van der Waals surface area contributed by atoms with Gasteiger partial charge in [0.05, 0.1) is 0 Å². The van der Waals surface area contributed by atoms with Gasteiger partial charge in [0.2, 0.25) is 0 Å². The summed E-state index contributed by atoms with van der Waals surface area (Å²) in [6.07, 6.45) is 0. The predicted octanol–water partition coefficient (Wildman–Crippen LogP) is -8.42. The van der Waals surface area contributed by atoms with Gasteiger partial charge in [0.25, 0.3) is 0 Å². The SMILES string of the molecule is OB(O)O.[Ba+2].[F-].[F-]. The molecule has 0 aliphatic carbocycles. The van der Waals surface area contributed by atoms with Gasteiger partial charge in [-0.3, -0.25) is 0 Å². The van der Waals surface area contributed by atoms with Crippen molar-refractivity contribution in [2.75, 3.05) is 0 Å². The van der Waals surface area contributed by atoms with E-state index < -0.39 is 7.32 Å². The summed E-state index contributed by atoms with van der Waals surface area (Å²) in [5, 5.41) is 21.5. The van der Waals surface area contributed by atoms with Crippen LogP contribution in [-0.4, -0.2) is 71.3 Å². The normalized spacial score (nSPS) is 3.86. The van der Waals surface area contributed by atoms with Gasteiger partial charge in [0.15, 0.2) is 0 Å². The molecule has 0 saturated heterocycles. The Morgan fingerprint density at radius 2 is 0.857 bits per heavy atom. The van der Waals surface area contributed by atoms with Crippen LogP contribution in [0, 0.1) is 0 Å². The first kappa shape index (κ1) is 23.8. The summed E-state index contributed by atoms with van der Waals surface area (Å²) >= 11 is 0. The minimum Gasteiger partial charge on any atom is -1.00 e. The van der Waals surface area contributed by atoms with Crippen LogP contribution < -0.4 is 9.41 Å². The van der Waals surface area contributed by atoms with Gasteiger partial charge in [-0.05, 0) is 0 Å². The second-order valence-electron chi connectivity index (χ2n) is 0.346. The van der Waals surface area contributed by atoms with E-state index in [0.29, 0.717) is 0 Å². The van der Waals surface area contributed by atoms with Crippen LogP contribution in [0.1, 0.15) is 0 Å². The zero-order valence-electron chi connectivity index (χ0n) is 3.38. The van der Waals surface area contributed by atoms with E-state index in [-0.39, 0.29) is 58.3 Å². The number of halogens is 2. The molecule has 0 bridgehead atoms. The van der Waals surface area contributed by atoms with E-state index in [4.69, 9.17) is 15.1 Å². The smallest absolute Gasteiger partial charge is 1.00 e. The number of hydrogen-bond donors (Lipinski definition) is 3. The van der Waals surface area contributed by atoms with Gasteiger partial charge in [-0.2, -0.15) is 0 Å². The zero-order valence-corrected chi connectivity index (χ0v) is 7.82. The van der Waals surface area contributed by atoms with Gasteiger partial charge in [0.1, 0.15) is 0 Å². The molecule has 3 N–H and O–H groups in total. The second kappa shape index (κ2) is 15.7. The monoisotopic (exact) mass is 238 g/mol. The molecule has 0 aromatic heterocycles. The van der Waals surface area contributed by atoms with Crippen LogP contribution in [0.25, 0.3) is 0 Å². The molecule has 0 saturated carbocycles. The van der Waals surface area contributed by atoms with Gasteiger partial charge in [-0.25, -0.2) is 0 Å². The average Bonchev–Trinajstić information content (AvgIpc) is 0.811.